The van der Waals surface area contributed by atoms with Crippen LogP contribution in [0.1, 0.15) is 13.3 Å². The molecule has 0 heterocycles. The number of carbonyl (C=O) groups is 1. The second kappa shape index (κ2) is 5.20. The summed E-state index contributed by atoms with van der Waals surface area (Å²) in [5.41, 5.74) is 0. The third kappa shape index (κ3) is 4.29. The first-order valence-corrected chi connectivity index (χ1v) is 3.07. The molecule has 0 aliphatic carbocycles. The van der Waals surface area contributed by atoms with Crippen molar-refractivity contribution >= 4 is 5.97 Å². The summed E-state index contributed by atoms with van der Waals surface area (Å²) in [4.78, 5) is 10.6. The first-order chi connectivity index (χ1) is 4.70. The van der Waals surface area contributed by atoms with E-state index >= 15 is 0 Å². The van der Waals surface area contributed by atoms with E-state index in [9.17, 15) is 4.79 Å². The summed E-state index contributed by atoms with van der Waals surface area (Å²) >= 11 is 0. The molecule has 4 nitrogen and oxygen atoms in total. The second-order valence-corrected chi connectivity index (χ2v) is 1.70. The number of hydrogen-bond donors (Lipinski definition) is 1. The highest BCUT2D eigenvalue weighted by Gasteiger charge is 2.08. The highest BCUT2D eigenvalue weighted by Crippen LogP contribution is 1.93. The van der Waals surface area contributed by atoms with Crippen LogP contribution in [0, 0.1) is 0 Å². The van der Waals surface area contributed by atoms with Crippen LogP contribution in [-0.4, -0.2) is 31.1 Å². The van der Waals surface area contributed by atoms with Gasteiger partial charge in [0.2, 0.25) is 0 Å². The third-order valence-electron chi connectivity index (χ3n) is 0.919. The van der Waals surface area contributed by atoms with Crippen molar-refractivity contribution in [1.29, 1.82) is 0 Å². The quantitative estimate of drug-likeness (QED) is 0.447. The molecule has 10 heavy (non-hydrogen) atoms. The van der Waals surface area contributed by atoms with Crippen LogP contribution in [0.3, 0.4) is 0 Å². The Morgan fingerprint density at radius 2 is 2.30 bits per heavy atom. The molecule has 0 saturated heterocycles. The summed E-state index contributed by atoms with van der Waals surface area (Å²) in [7, 11) is 1.32. The molecular weight excluding hydrogens is 136 g/mol. The predicted molar refractivity (Wildman–Crippen MR) is 34.3 cm³/mol. The van der Waals surface area contributed by atoms with E-state index in [0.29, 0.717) is 6.61 Å². The molecule has 60 valence electrons. The number of esters is 1. The fraction of sp³-hybridized carbons (Fsp3) is 0.833. The van der Waals surface area contributed by atoms with E-state index in [1.807, 2.05) is 0 Å². The van der Waals surface area contributed by atoms with Crippen LogP contribution in [-0.2, 0) is 14.3 Å². The van der Waals surface area contributed by atoms with Gasteiger partial charge in [-0.15, -0.1) is 0 Å². The predicted octanol–water partition coefficient (Wildman–Crippen LogP) is -0.0956. The van der Waals surface area contributed by atoms with Crippen molar-refractivity contribution < 1.29 is 19.4 Å². The zero-order valence-corrected chi connectivity index (χ0v) is 6.16. The van der Waals surface area contributed by atoms with Gasteiger partial charge in [-0.25, -0.2) is 0 Å². The Bertz CT molecular complexity index is 102. The van der Waals surface area contributed by atoms with Crippen molar-refractivity contribution in [3.05, 3.63) is 0 Å². The Morgan fingerprint density at radius 3 is 2.70 bits per heavy atom. The van der Waals surface area contributed by atoms with Gasteiger partial charge in [-0.1, -0.05) is 0 Å². The molecule has 0 amide bonds. The SMILES string of the molecule is CCOC(=O)C[C@@H](O)OC. The summed E-state index contributed by atoms with van der Waals surface area (Å²) in [6.07, 6.45) is -1.15. The minimum Gasteiger partial charge on any atom is -0.466 e. The van der Waals surface area contributed by atoms with E-state index in [2.05, 4.69) is 9.47 Å². The largest absolute Gasteiger partial charge is 0.466 e. The van der Waals surface area contributed by atoms with Gasteiger partial charge in [0.25, 0.3) is 0 Å². The lowest BCUT2D eigenvalue weighted by molar-refractivity contribution is -0.154. The van der Waals surface area contributed by atoms with Gasteiger partial charge in [0.1, 0.15) is 0 Å². The lowest BCUT2D eigenvalue weighted by Crippen LogP contribution is -2.16. The van der Waals surface area contributed by atoms with Crippen molar-refractivity contribution in [3.8, 4) is 0 Å². The Kier molecular flexibility index (Phi) is 4.88. The zero-order chi connectivity index (χ0) is 7.98. The van der Waals surface area contributed by atoms with Crippen LogP contribution in [0.5, 0.6) is 0 Å². The van der Waals surface area contributed by atoms with Crippen molar-refractivity contribution in [2.24, 2.45) is 0 Å². The van der Waals surface area contributed by atoms with E-state index in [1.165, 1.54) is 7.11 Å². The van der Waals surface area contributed by atoms with Crippen molar-refractivity contribution in [2.45, 2.75) is 19.6 Å². The monoisotopic (exact) mass is 148 g/mol. The van der Waals surface area contributed by atoms with Crippen LogP contribution in [0.15, 0.2) is 0 Å². The Hall–Kier alpha value is -0.610. The van der Waals surface area contributed by atoms with Crippen LogP contribution in [0.25, 0.3) is 0 Å². The Morgan fingerprint density at radius 1 is 1.70 bits per heavy atom. The molecule has 0 rings (SSSR count). The third-order valence-corrected chi connectivity index (χ3v) is 0.919. The van der Waals surface area contributed by atoms with E-state index in [0.717, 1.165) is 0 Å². The maximum Gasteiger partial charge on any atom is 0.310 e. The molecule has 0 aromatic carbocycles. The molecule has 0 aromatic heterocycles. The van der Waals surface area contributed by atoms with E-state index in [1.54, 1.807) is 6.92 Å². The van der Waals surface area contributed by atoms with Gasteiger partial charge in [0, 0.05) is 7.11 Å². The Balaban J connectivity index is 3.37. The Labute approximate surface area is 59.7 Å². The topological polar surface area (TPSA) is 55.8 Å². The molecule has 0 radical (unpaired) electrons. The molecule has 0 fully saturated rings. The molecule has 0 aliphatic rings. The first-order valence-electron chi connectivity index (χ1n) is 3.07. The molecule has 0 aromatic rings. The average molecular weight is 148 g/mol. The number of carbonyl (C=O) groups excluding carboxylic acids is 1. The van der Waals surface area contributed by atoms with Gasteiger partial charge >= 0.3 is 5.97 Å². The van der Waals surface area contributed by atoms with Gasteiger partial charge in [0.05, 0.1) is 13.0 Å². The summed E-state index contributed by atoms with van der Waals surface area (Å²) < 4.78 is 8.96. The van der Waals surface area contributed by atoms with E-state index in [4.69, 9.17) is 5.11 Å². The number of aliphatic hydroxyl groups is 1. The van der Waals surface area contributed by atoms with Gasteiger partial charge < -0.3 is 14.6 Å². The van der Waals surface area contributed by atoms with Gasteiger partial charge in [-0.05, 0) is 6.92 Å². The standard InChI is InChI=1S/C6H12O4/c1-3-10-6(8)4-5(7)9-2/h5,7H,3-4H2,1-2H3/t5-/m0/s1. The average Bonchev–Trinajstić information content (AvgIpc) is 1.88. The highest BCUT2D eigenvalue weighted by atomic mass is 16.6. The van der Waals surface area contributed by atoms with Crippen molar-refractivity contribution in [2.75, 3.05) is 13.7 Å². The first kappa shape index (κ1) is 9.39. The molecular formula is C6H12O4. The van der Waals surface area contributed by atoms with Crippen LogP contribution < -0.4 is 0 Å². The van der Waals surface area contributed by atoms with Crippen LogP contribution >= 0.6 is 0 Å². The smallest absolute Gasteiger partial charge is 0.310 e. The minimum absolute atomic E-state index is 0.107. The minimum atomic E-state index is -1.04. The van der Waals surface area contributed by atoms with E-state index in [-0.39, 0.29) is 6.42 Å². The molecule has 4 heteroatoms. The number of rotatable bonds is 4. The molecule has 0 spiro atoms. The molecule has 1 atom stereocenters. The molecule has 1 N–H and O–H groups in total. The van der Waals surface area contributed by atoms with Gasteiger partial charge in [-0.2, -0.15) is 0 Å². The molecule has 0 unspecified atom stereocenters. The summed E-state index contributed by atoms with van der Waals surface area (Å²) in [6, 6.07) is 0. The summed E-state index contributed by atoms with van der Waals surface area (Å²) in [6.45, 7) is 2.03. The molecule has 0 bridgehead atoms. The van der Waals surface area contributed by atoms with E-state index < -0.39 is 12.3 Å². The maximum absolute atomic E-state index is 10.6. The van der Waals surface area contributed by atoms with Gasteiger partial charge in [-0.3, -0.25) is 4.79 Å². The maximum atomic E-state index is 10.6. The molecule has 0 saturated carbocycles. The number of methoxy groups -OCH3 is 1. The lowest BCUT2D eigenvalue weighted by atomic mass is 10.4. The number of aliphatic hydroxyl groups excluding tert-OH is 1. The van der Waals surface area contributed by atoms with Crippen LogP contribution in [0.4, 0.5) is 0 Å². The summed E-state index contributed by atoms with van der Waals surface area (Å²) in [5, 5.41) is 8.73. The number of hydrogen-bond acceptors (Lipinski definition) is 4. The van der Waals surface area contributed by atoms with Crippen LogP contribution in [0.2, 0.25) is 0 Å². The summed E-state index contributed by atoms with van der Waals surface area (Å²) in [5.74, 6) is -0.447. The normalized spacial score (nSPS) is 12.7. The number of ether oxygens (including phenoxy) is 2. The highest BCUT2D eigenvalue weighted by molar-refractivity contribution is 5.69. The zero-order valence-electron chi connectivity index (χ0n) is 6.16. The van der Waals surface area contributed by atoms with Crippen molar-refractivity contribution in [3.63, 3.8) is 0 Å². The second-order valence-electron chi connectivity index (χ2n) is 1.70. The fourth-order valence-electron chi connectivity index (χ4n) is 0.446. The van der Waals surface area contributed by atoms with Gasteiger partial charge in [0.15, 0.2) is 6.29 Å². The molecule has 0 aliphatic heterocycles. The van der Waals surface area contributed by atoms with Crippen molar-refractivity contribution in [1.82, 2.24) is 0 Å². The fourth-order valence-corrected chi connectivity index (χ4v) is 0.446. The lowest BCUT2D eigenvalue weighted by Gasteiger charge is -2.06.